The minimum atomic E-state index is -4.36. The van der Waals surface area contributed by atoms with Crippen molar-refractivity contribution in [2.75, 3.05) is 26.3 Å². The number of aliphatic hydroxyl groups excluding tert-OH is 1. The molecule has 0 spiro atoms. The van der Waals surface area contributed by atoms with Crippen molar-refractivity contribution < 1.29 is 27.8 Å². The number of halogens is 3. The second-order valence-electron chi connectivity index (χ2n) is 4.90. The molecule has 1 heterocycles. The van der Waals surface area contributed by atoms with Gasteiger partial charge in [0.1, 0.15) is 6.61 Å². The van der Waals surface area contributed by atoms with E-state index in [1.54, 1.807) is 11.8 Å². The summed E-state index contributed by atoms with van der Waals surface area (Å²) < 4.78 is 39.9. The average molecular weight is 283 g/mol. The van der Waals surface area contributed by atoms with Crippen molar-refractivity contribution in [2.24, 2.45) is 5.92 Å². The molecule has 0 aromatic carbocycles. The van der Waals surface area contributed by atoms with E-state index in [-0.39, 0.29) is 24.9 Å². The van der Waals surface area contributed by atoms with Gasteiger partial charge in [-0.05, 0) is 19.8 Å². The monoisotopic (exact) mass is 283 g/mol. The van der Waals surface area contributed by atoms with E-state index in [2.05, 4.69) is 4.74 Å². The van der Waals surface area contributed by atoms with Crippen molar-refractivity contribution in [3.05, 3.63) is 0 Å². The minimum Gasteiger partial charge on any atom is -0.393 e. The van der Waals surface area contributed by atoms with E-state index < -0.39 is 18.9 Å². The fourth-order valence-corrected chi connectivity index (χ4v) is 2.14. The Morgan fingerprint density at radius 2 is 2.21 bits per heavy atom. The number of alkyl halides is 3. The van der Waals surface area contributed by atoms with Gasteiger partial charge in [0.2, 0.25) is 5.91 Å². The molecule has 1 aliphatic rings. The molecule has 1 fully saturated rings. The summed E-state index contributed by atoms with van der Waals surface area (Å²) in [5, 5.41) is 9.49. The van der Waals surface area contributed by atoms with Crippen LogP contribution in [0.5, 0.6) is 0 Å². The lowest BCUT2D eigenvalue weighted by molar-refractivity contribution is -0.175. The first kappa shape index (κ1) is 16.2. The maximum absolute atomic E-state index is 11.8. The van der Waals surface area contributed by atoms with Gasteiger partial charge in [-0.25, -0.2) is 0 Å². The van der Waals surface area contributed by atoms with Crippen LogP contribution in [0.1, 0.15) is 26.2 Å². The molecule has 0 radical (unpaired) electrons. The zero-order valence-corrected chi connectivity index (χ0v) is 10.9. The Balaban J connectivity index is 2.25. The molecule has 0 aromatic heterocycles. The Bertz CT molecular complexity index is 294. The average Bonchev–Trinajstić information content (AvgIpc) is 2.33. The van der Waals surface area contributed by atoms with Crippen LogP contribution >= 0.6 is 0 Å². The number of likely N-dealkylation sites (tertiary alicyclic amines) is 1. The number of carbonyl (C=O) groups is 1. The summed E-state index contributed by atoms with van der Waals surface area (Å²) in [7, 11) is 0. The summed E-state index contributed by atoms with van der Waals surface area (Å²) in [5.74, 6) is -0.165. The summed E-state index contributed by atoms with van der Waals surface area (Å²) in [6.45, 7) is 1.20. The van der Waals surface area contributed by atoms with E-state index in [0.717, 1.165) is 12.8 Å². The number of amides is 1. The largest absolute Gasteiger partial charge is 0.411 e. The lowest BCUT2D eigenvalue weighted by Gasteiger charge is -2.34. The van der Waals surface area contributed by atoms with Crippen LogP contribution in [-0.2, 0) is 9.53 Å². The maximum Gasteiger partial charge on any atom is 0.411 e. The molecule has 1 N–H and O–H groups in total. The molecule has 0 bridgehead atoms. The molecular weight excluding hydrogens is 263 g/mol. The van der Waals surface area contributed by atoms with E-state index in [1.165, 1.54) is 0 Å². The third kappa shape index (κ3) is 6.24. The molecule has 4 nitrogen and oxygen atoms in total. The number of ether oxygens (including phenoxy) is 1. The van der Waals surface area contributed by atoms with Gasteiger partial charge in [-0.2, -0.15) is 13.2 Å². The van der Waals surface area contributed by atoms with Crippen molar-refractivity contribution in [1.82, 2.24) is 4.90 Å². The second kappa shape index (κ2) is 7.09. The zero-order valence-electron chi connectivity index (χ0n) is 10.9. The molecular formula is C12H20F3NO3. The Labute approximate surface area is 110 Å². The summed E-state index contributed by atoms with van der Waals surface area (Å²) in [5.41, 5.74) is 0. The van der Waals surface area contributed by atoms with Crippen LogP contribution in [0.25, 0.3) is 0 Å². The summed E-state index contributed by atoms with van der Waals surface area (Å²) >= 11 is 0. The SMILES string of the molecule is CC(O)C1CCCN(C(=O)CCOCC(F)(F)F)C1. The van der Waals surface area contributed by atoms with Gasteiger partial charge in [0.25, 0.3) is 0 Å². The second-order valence-corrected chi connectivity index (χ2v) is 4.90. The first-order valence-electron chi connectivity index (χ1n) is 6.40. The molecule has 0 saturated carbocycles. The molecule has 2 unspecified atom stereocenters. The van der Waals surface area contributed by atoms with Gasteiger partial charge in [-0.15, -0.1) is 0 Å². The topological polar surface area (TPSA) is 49.8 Å². The van der Waals surface area contributed by atoms with Crippen LogP contribution in [0, 0.1) is 5.92 Å². The lowest BCUT2D eigenvalue weighted by atomic mass is 9.93. The molecule has 19 heavy (non-hydrogen) atoms. The number of hydrogen-bond donors (Lipinski definition) is 1. The lowest BCUT2D eigenvalue weighted by Crippen LogP contribution is -2.43. The van der Waals surface area contributed by atoms with Crippen LogP contribution in [0.4, 0.5) is 13.2 Å². The van der Waals surface area contributed by atoms with Crippen LogP contribution in [-0.4, -0.2) is 54.5 Å². The summed E-state index contributed by atoms with van der Waals surface area (Å²) in [6, 6.07) is 0. The quantitative estimate of drug-likeness (QED) is 0.779. The van der Waals surface area contributed by atoms with Crippen molar-refractivity contribution in [3.8, 4) is 0 Å². The predicted molar refractivity (Wildman–Crippen MR) is 62.5 cm³/mol. The van der Waals surface area contributed by atoms with Gasteiger partial charge >= 0.3 is 6.18 Å². The predicted octanol–water partition coefficient (Wildman–Crippen LogP) is 1.57. The van der Waals surface area contributed by atoms with Gasteiger partial charge in [0, 0.05) is 19.0 Å². The third-order valence-electron chi connectivity index (χ3n) is 3.22. The van der Waals surface area contributed by atoms with Crippen molar-refractivity contribution >= 4 is 5.91 Å². The highest BCUT2D eigenvalue weighted by Crippen LogP contribution is 2.20. The van der Waals surface area contributed by atoms with Gasteiger partial charge in [0.05, 0.1) is 19.1 Å². The minimum absolute atomic E-state index is 0.0498. The first-order valence-corrected chi connectivity index (χ1v) is 6.40. The highest BCUT2D eigenvalue weighted by atomic mass is 19.4. The van der Waals surface area contributed by atoms with Crippen LogP contribution in [0.3, 0.4) is 0 Å². The van der Waals surface area contributed by atoms with Crippen LogP contribution in [0.15, 0.2) is 0 Å². The van der Waals surface area contributed by atoms with Crippen molar-refractivity contribution in [3.63, 3.8) is 0 Å². The number of rotatable bonds is 5. The van der Waals surface area contributed by atoms with Crippen LogP contribution < -0.4 is 0 Å². The summed E-state index contributed by atoms with van der Waals surface area (Å²) in [4.78, 5) is 13.4. The van der Waals surface area contributed by atoms with E-state index in [9.17, 15) is 23.1 Å². The molecule has 1 rings (SSSR count). The molecule has 0 aromatic rings. The molecule has 7 heteroatoms. The first-order chi connectivity index (χ1) is 8.79. The van der Waals surface area contributed by atoms with E-state index >= 15 is 0 Å². The van der Waals surface area contributed by atoms with Crippen LogP contribution in [0.2, 0.25) is 0 Å². The fraction of sp³-hybridized carbons (Fsp3) is 0.917. The number of nitrogens with zero attached hydrogens (tertiary/aromatic N) is 1. The third-order valence-corrected chi connectivity index (χ3v) is 3.22. The molecule has 1 aliphatic heterocycles. The maximum atomic E-state index is 11.8. The molecule has 1 amide bonds. The summed E-state index contributed by atoms with van der Waals surface area (Å²) in [6.07, 6.45) is -3.21. The highest BCUT2D eigenvalue weighted by Gasteiger charge is 2.28. The smallest absolute Gasteiger partial charge is 0.393 e. The van der Waals surface area contributed by atoms with Crippen molar-refractivity contribution in [1.29, 1.82) is 0 Å². The van der Waals surface area contributed by atoms with Gasteiger partial charge in [-0.3, -0.25) is 4.79 Å². The fourth-order valence-electron chi connectivity index (χ4n) is 2.14. The van der Waals surface area contributed by atoms with Gasteiger partial charge in [-0.1, -0.05) is 0 Å². The number of aliphatic hydroxyl groups is 1. The van der Waals surface area contributed by atoms with E-state index in [0.29, 0.717) is 13.1 Å². The van der Waals surface area contributed by atoms with Crippen molar-refractivity contribution in [2.45, 2.75) is 38.5 Å². The molecule has 2 atom stereocenters. The zero-order chi connectivity index (χ0) is 14.5. The van der Waals surface area contributed by atoms with Gasteiger partial charge < -0.3 is 14.7 Å². The standard InChI is InChI=1S/C12H20F3NO3/c1-9(17)10-3-2-5-16(7-10)11(18)4-6-19-8-12(13,14)15/h9-10,17H,2-8H2,1H3. The molecule has 1 saturated heterocycles. The number of carbonyl (C=O) groups excluding carboxylic acids is 1. The molecule has 112 valence electrons. The Morgan fingerprint density at radius 1 is 1.53 bits per heavy atom. The Morgan fingerprint density at radius 3 is 2.79 bits per heavy atom. The number of hydrogen-bond acceptors (Lipinski definition) is 3. The Kier molecular flexibility index (Phi) is 6.06. The van der Waals surface area contributed by atoms with Gasteiger partial charge in [0.15, 0.2) is 0 Å². The Hall–Kier alpha value is -0.820. The highest BCUT2D eigenvalue weighted by molar-refractivity contribution is 5.76. The van der Waals surface area contributed by atoms with E-state index in [4.69, 9.17) is 0 Å². The van der Waals surface area contributed by atoms with E-state index in [1.807, 2.05) is 0 Å². The number of piperidine rings is 1. The normalized spacial score (nSPS) is 22.4. The molecule has 0 aliphatic carbocycles.